The molecule has 0 fully saturated rings. The number of aromatic nitrogens is 2. The summed E-state index contributed by atoms with van der Waals surface area (Å²) < 4.78 is 17.1. The number of esters is 1. The molecule has 0 spiro atoms. The Kier molecular flexibility index (Phi) is 5.33. The van der Waals surface area contributed by atoms with Crippen molar-refractivity contribution in [2.45, 2.75) is 6.54 Å². The summed E-state index contributed by atoms with van der Waals surface area (Å²) in [6.07, 6.45) is 3.43. The predicted octanol–water partition coefficient (Wildman–Crippen LogP) is 2.33. The Hall–Kier alpha value is -3.55. The SMILES string of the molecule is COc1ccc(NC(=O)COC(=O)c2ccc(Cn3cccn3)o2)cc1. The highest BCUT2D eigenvalue weighted by atomic mass is 16.5. The molecule has 0 aliphatic rings. The molecule has 0 unspecified atom stereocenters. The van der Waals surface area contributed by atoms with E-state index in [1.807, 2.05) is 0 Å². The molecule has 0 aliphatic heterocycles. The standard InChI is InChI=1S/C18H17N3O5/c1-24-14-5-3-13(4-6-14)20-17(22)12-25-18(23)16-8-7-15(26-16)11-21-10-2-9-19-21/h2-10H,11-12H2,1H3,(H,20,22). The first-order chi connectivity index (χ1) is 12.6. The number of ether oxygens (including phenoxy) is 2. The summed E-state index contributed by atoms with van der Waals surface area (Å²) in [5.41, 5.74) is 0.575. The maximum absolute atomic E-state index is 12.0. The number of amides is 1. The van der Waals surface area contributed by atoms with Crippen LogP contribution in [0, 0.1) is 0 Å². The van der Waals surface area contributed by atoms with Crippen molar-refractivity contribution in [3.8, 4) is 5.75 Å². The lowest BCUT2D eigenvalue weighted by atomic mass is 10.3. The Balaban J connectivity index is 1.48. The number of hydrogen-bond donors (Lipinski definition) is 1. The van der Waals surface area contributed by atoms with Crippen molar-refractivity contribution >= 4 is 17.6 Å². The third-order valence-corrected chi connectivity index (χ3v) is 3.45. The Morgan fingerprint density at radius 1 is 1.19 bits per heavy atom. The van der Waals surface area contributed by atoms with Gasteiger partial charge in [0.05, 0.1) is 13.7 Å². The lowest BCUT2D eigenvalue weighted by Gasteiger charge is -2.06. The van der Waals surface area contributed by atoms with Gasteiger partial charge in [0, 0.05) is 18.1 Å². The van der Waals surface area contributed by atoms with Crippen molar-refractivity contribution in [2.24, 2.45) is 0 Å². The molecule has 2 heterocycles. The highest BCUT2D eigenvalue weighted by Crippen LogP contribution is 2.15. The second-order valence-electron chi connectivity index (χ2n) is 5.32. The molecule has 134 valence electrons. The van der Waals surface area contributed by atoms with Crippen LogP contribution in [0.4, 0.5) is 5.69 Å². The minimum atomic E-state index is -0.707. The zero-order chi connectivity index (χ0) is 18.4. The van der Waals surface area contributed by atoms with Gasteiger partial charge in [0.2, 0.25) is 5.76 Å². The van der Waals surface area contributed by atoms with E-state index in [-0.39, 0.29) is 5.76 Å². The van der Waals surface area contributed by atoms with Crippen LogP contribution >= 0.6 is 0 Å². The molecule has 1 N–H and O–H groups in total. The first-order valence-corrected chi connectivity index (χ1v) is 7.81. The van der Waals surface area contributed by atoms with E-state index < -0.39 is 18.5 Å². The van der Waals surface area contributed by atoms with Crippen molar-refractivity contribution in [3.05, 3.63) is 66.4 Å². The van der Waals surface area contributed by atoms with Gasteiger partial charge < -0.3 is 19.2 Å². The Bertz CT molecular complexity index is 869. The van der Waals surface area contributed by atoms with Gasteiger partial charge in [-0.05, 0) is 42.5 Å². The monoisotopic (exact) mass is 355 g/mol. The van der Waals surface area contributed by atoms with Crippen LogP contribution in [0.2, 0.25) is 0 Å². The molecule has 0 saturated heterocycles. The summed E-state index contributed by atoms with van der Waals surface area (Å²) in [6.45, 7) is -0.0156. The average molecular weight is 355 g/mol. The van der Waals surface area contributed by atoms with Gasteiger partial charge in [-0.3, -0.25) is 9.48 Å². The van der Waals surface area contributed by atoms with Crippen molar-refractivity contribution in [2.75, 3.05) is 19.0 Å². The molecule has 3 rings (SSSR count). The minimum absolute atomic E-state index is 0.0319. The Morgan fingerprint density at radius 3 is 2.69 bits per heavy atom. The topological polar surface area (TPSA) is 95.6 Å². The van der Waals surface area contributed by atoms with Gasteiger partial charge in [0.1, 0.15) is 11.5 Å². The summed E-state index contributed by atoms with van der Waals surface area (Å²) in [5.74, 6) is 0.110. The largest absolute Gasteiger partial charge is 0.497 e. The van der Waals surface area contributed by atoms with E-state index in [1.165, 1.54) is 6.07 Å². The van der Waals surface area contributed by atoms with Crippen molar-refractivity contribution in [3.63, 3.8) is 0 Å². The molecule has 26 heavy (non-hydrogen) atoms. The van der Waals surface area contributed by atoms with E-state index in [0.717, 1.165) is 0 Å². The summed E-state index contributed by atoms with van der Waals surface area (Å²) >= 11 is 0. The second kappa shape index (κ2) is 8.02. The second-order valence-corrected chi connectivity index (χ2v) is 5.32. The number of carbonyl (C=O) groups is 2. The van der Waals surface area contributed by atoms with Crippen molar-refractivity contribution < 1.29 is 23.5 Å². The van der Waals surface area contributed by atoms with E-state index in [0.29, 0.717) is 23.7 Å². The third-order valence-electron chi connectivity index (χ3n) is 3.45. The number of anilines is 1. The van der Waals surface area contributed by atoms with Crippen LogP contribution in [0.15, 0.2) is 59.3 Å². The number of furan rings is 1. The van der Waals surface area contributed by atoms with Crippen LogP contribution in [0.5, 0.6) is 5.75 Å². The molecule has 0 atom stereocenters. The van der Waals surface area contributed by atoms with E-state index >= 15 is 0 Å². The molecule has 2 aromatic heterocycles. The fourth-order valence-electron chi connectivity index (χ4n) is 2.20. The summed E-state index contributed by atoms with van der Waals surface area (Å²) in [4.78, 5) is 23.8. The molecular weight excluding hydrogens is 338 g/mol. The number of nitrogens with one attached hydrogen (secondary N) is 1. The van der Waals surface area contributed by atoms with Crippen LogP contribution in [-0.2, 0) is 16.1 Å². The number of carbonyl (C=O) groups excluding carboxylic acids is 2. The summed E-state index contributed by atoms with van der Waals surface area (Å²) in [7, 11) is 1.56. The zero-order valence-corrected chi connectivity index (χ0v) is 14.0. The quantitative estimate of drug-likeness (QED) is 0.654. The highest BCUT2D eigenvalue weighted by molar-refractivity contribution is 5.94. The molecule has 8 nitrogen and oxygen atoms in total. The van der Waals surface area contributed by atoms with Crippen LogP contribution in [0.3, 0.4) is 0 Å². The van der Waals surface area contributed by atoms with Crippen LogP contribution < -0.4 is 10.1 Å². The Morgan fingerprint density at radius 2 is 2.00 bits per heavy atom. The van der Waals surface area contributed by atoms with Gasteiger partial charge in [-0.2, -0.15) is 5.10 Å². The number of benzene rings is 1. The van der Waals surface area contributed by atoms with Gasteiger partial charge in [0.25, 0.3) is 5.91 Å². The average Bonchev–Trinajstić information content (AvgIpc) is 3.33. The van der Waals surface area contributed by atoms with Gasteiger partial charge in [-0.25, -0.2) is 4.79 Å². The molecule has 0 bridgehead atoms. The van der Waals surface area contributed by atoms with E-state index in [4.69, 9.17) is 13.9 Å². The maximum atomic E-state index is 12.0. The fraction of sp³-hybridized carbons (Fsp3) is 0.167. The molecule has 0 aliphatic carbocycles. The number of methoxy groups -OCH3 is 1. The summed E-state index contributed by atoms with van der Waals surface area (Å²) in [5, 5.41) is 6.68. The first kappa shape index (κ1) is 17.3. The highest BCUT2D eigenvalue weighted by Gasteiger charge is 2.15. The number of nitrogens with zero attached hydrogens (tertiary/aromatic N) is 2. The smallest absolute Gasteiger partial charge is 0.374 e. The molecule has 1 aromatic carbocycles. The van der Waals surface area contributed by atoms with E-state index in [2.05, 4.69) is 10.4 Å². The Labute approximate surface area is 149 Å². The zero-order valence-electron chi connectivity index (χ0n) is 14.0. The van der Waals surface area contributed by atoms with E-state index in [1.54, 1.807) is 60.6 Å². The molecule has 0 radical (unpaired) electrons. The lowest BCUT2D eigenvalue weighted by molar-refractivity contribution is -0.119. The molecule has 1 amide bonds. The molecule has 8 heteroatoms. The molecule has 3 aromatic rings. The van der Waals surface area contributed by atoms with Gasteiger partial charge in [-0.1, -0.05) is 0 Å². The molecular formula is C18H17N3O5. The number of rotatable bonds is 7. The fourth-order valence-corrected chi connectivity index (χ4v) is 2.20. The first-order valence-electron chi connectivity index (χ1n) is 7.81. The molecule has 0 saturated carbocycles. The van der Waals surface area contributed by atoms with Gasteiger partial charge in [0.15, 0.2) is 6.61 Å². The minimum Gasteiger partial charge on any atom is -0.497 e. The predicted molar refractivity (Wildman–Crippen MR) is 91.9 cm³/mol. The third kappa shape index (κ3) is 4.50. The van der Waals surface area contributed by atoms with Crippen LogP contribution in [0.1, 0.15) is 16.3 Å². The lowest BCUT2D eigenvalue weighted by Crippen LogP contribution is -2.20. The van der Waals surface area contributed by atoms with Crippen molar-refractivity contribution in [1.82, 2.24) is 9.78 Å². The normalized spacial score (nSPS) is 10.3. The number of hydrogen-bond acceptors (Lipinski definition) is 6. The van der Waals surface area contributed by atoms with Crippen molar-refractivity contribution in [1.29, 1.82) is 0 Å². The maximum Gasteiger partial charge on any atom is 0.374 e. The van der Waals surface area contributed by atoms with E-state index in [9.17, 15) is 9.59 Å². The van der Waals surface area contributed by atoms with Crippen LogP contribution in [0.25, 0.3) is 0 Å². The summed E-state index contributed by atoms with van der Waals surface area (Å²) in [6, 6.07) is 11.8. The van der Waals surface area contributed by atoms with Gasteiger partial charge >= 0.3 is 5.97 Å². The van der Waals surface area contributed by atoms with Gasteiger partial charge in [-0.15, -0.1) is 0 Å². The van der Waals surface area contributed by atoms with Crippen LogP contribution in [-0.4, -0.2) is 35.4 Å².